The highest BCUT2D eigenvalue weighted by atomic mass is 15.2. The third kappa shape index (κ3) is 2.10. The van der Waals surface area contributed by atoms with Crippen LogP contribution in [0.4, 0.5) is 5.69 Å². The fraction of sp³-hybridized carbons (Fsp3) is 0.389. The molecule has 5 heterocycles. The topological polar surface area (TPSA) is 69.7 Å². The van der Waals surface area contributed by atoms with E-state index in [1.807, 2.05) is 24.7 Å². The molecule has 2 aliphatic heterocycles. The molecule has 5 rings (SSSR count). The summed E-state index contributed by atoms with van der Waals surface area (Å²) in [6, 6.07) is 4.15. The Labute approximate surface area is 140 Å². The summed E-state index contributed by atoms with van der Waals surface area (Å²) < 4.78 is 0. The fourth-order valence-corrected chi connectivity index (χ4v) is 4.27. The summed E-state index contributed by atoms with van der Waals surface area (Å²) in [5.41, 5.74) is 4.88. The molecule has 0 saturated carbocycles. The molecule has 3 aromatic rings. The first-order valence-electron chi connectivity index (χ1n) is 8.54. The van der Waals surface area contributed by atoms with Crippen molar-refractivity contribution >= 4 is 16.7 Å². The quantitative estimate of drug-likeness (QED) is 0.757. The molecule has 3 aromatic heterocycles. The Morgan fingerprint density at radius 3 is 2.96 bits per heavy atom. The number of anilines is 1. The third-order valence-electron chi connectivity index (χ3n) is 5.56. The van der Waals surface area contributed by atoms with Crippen LogP contribution in [0, 0.1) is 5.41 Å². The van der Waals surface area contributed by atoms with Crippen LogP contribution < -0.4 is 10.2 Å². The lowest BCUT2D eigenvalue weighted by molar-refractivity contribution is 0.369. The van der Waals surface area contributed by atoms with E-state index >= 15 is 0 Å². The van der Waals surface area contributed by atoms with E-state index < -0.39 is 0 Å². The average Bonchev–Trinajstić information content (AvgIpc) is 3.36. The molecular formula is C18H20N6. The highest BCUT2D eigenvalue weighted by Crippen LogP contribution is 2.41. The van der Waals surface area contributed by atoms with Crippen LogP contribution >= 0.6 is 0 Å². The smallest absolute Gasteiger partial charge is 0.139 e. The summed E-state index contributed by atoms with van der Waals surface area (Å²) in [6.45, 7) is 4.53. The van der Waals surface area contributed by atoms with E-state index in [2.05, 4.69) is 36.4 Å². The predicted molar refractivity (Wildman–Crippen MR) is 93.9 cm³/mol. The molecule has 0 radical (unpaired) electrons. The zero-order valence-corrected chi connectivity index (χ0v) is 13.5. The van der Waals surface area contributed by atoms with Gasteiger partial charge < -0.3 is 15.2 Å². The van der Waals surface area contributed by atoms with E-state index in [9.17, 15) is 0 Å². The van der Waals surface area contributed by atoms with Crippen LogP contribution in [0.3, 0.4) is 0 Å². The minimum atomic E-state index is 0.449. The molecule has 2 saturated heterocycles. The van der Waals surface area contributed by atoms with E-state index in [0.717, 1.165) is 43.0 Å². The first kappa shape index (κ1) is 13.9. The van der Waals surface area contributed by atoms with Gasteiger partial charge in [-0.05, 0) is 31.5 Å². The number of fused-ring (bicyclic) bond motifs is 1. The summed E-state index contributed by atoms with van der Waals surface area (Å²) in [4.78, 5) is 10.4. The SMILES string of the molecule is c1cc(-c2c[nH]c3nccc(N4CCC5(CCNC5)C4)c23)cnn1. The Kier molecular flexibility index (Phi) is 3.06. The van der Waals surface area contributed by atoms with Crippen molar-refractivity contribution in [2.24, 2.45) is 5.41 Å². The molecular weight excluding hydrogens is 300 g/mol. The lowest BCUT2D eigenvalue weighted by atomic mass is 9.86. The number of nitrogens with zero attached hydrogens (tertiary/aromatic N) is 4. The lowest BCUT2D eigenvalue weighted by Crippen LogP contribution is -2.29. The van der Waals surface area contributed by atoms with Gasteiger partial charge in [0.25, 0.3) is 0 Å². The Bertz CT molecular complexity index is 866. The maximum atomic E-state index is 4.52. The maximum Gasteiger partial charge on any atom is 0.139 e. The molecule has 1 atom stereocenters. The molecule has 0 aromatic carbocycles. The molecule has 0 aliphatic carbocycles. The summed E-state index contributed by atoms with van der Waals surface area (Å²) in [5, 5.41) is 12.6. The van der Waals surface area contributed by atoms with Gasteiger partial charge in [0.1, 0.15) is 5.65 Å². The summed E-state index contributed by atoms with van der Waals surface area (Å²) in [6.07, 6.45) is 10.0. The van der Waals surface area contributed by atoms with E-state index in [0.29, 0.717) is 5.41 Å². The molecule has 0 amide bonds. The molecule has 24 heavy (non-hydrogen) atoms. The van der Waals surface area contributed by atoms with Gasteiger partial charge in [-0.25, -0.2) is 4.98 Å². The van der Waals surface area contributed by atoms with Crippen molar-refractivity contribution in [3.63, 3.8) is 0 Å². The molecule has 0 bridgehead atoms. The normalized spacial score (nSPS) is 23.6. The highest BCUT2D eigenvalue weighted by Gasteiger charge is 2.40. The second kappa shape index (κ2) is 5.27. The van der Waals surface area contributed by atoms with Crippen molar-refractivity contribution in [2.75, 3.05) is 31.1 Å². The summed E-state index contributed by atoms with van der Waals surface area (Å²) >= 11 is 0. The molecule has 1 unspecified atom stereocenters. The first-order chi connectivity index (χ1) is 11.8. The van der Waals surface area contributed by atoms with Crippen LogP contribution in [0.25, 0.3) is 22.2 Å². The van der Waals surface area contributed by atoms with E-state index in [1.54, 1.807) is 6.20 Å². The molecule has 2 fully saturated rings. The van der Waals surface area contributed by atoms with Crippen molar-refractivity contribution in [2.45, 2.75) is 12.8 Å². The molecule has 122 valence electrons. The number of hydrogen-bond donors (Lipinski definition) is 2. The van der Waals surface area contributed by atoms with Gasteiger partial charge in [-0.15, -0.1) is 0 Å². The van der Waals surface area contributed by atoms with Crippen molar-refractivity contribution in [1.29, 1.82) is 0 Å². The number of aromatic amines is 1. The zero-order chi connectivity index (χ0) is 16.0. The number of hydrogen-bond acceptors (Lipinski definition) is 5. The van der Waals surface area contributed by atoms with E-state index in [-0.39, 0.29) is 0 Å². The monoisotopic (exact) mass is 320 g/mol. The van der Waals surface area contributed by atoms with Gasteiger partial charge in [-0.1, -0.05) is 0 Å². The largest absolute Gasteiger partial charge is 0.370 e. The van der Waals surface area contributed by atoms with Gasteiger partial charge in [0, 0.05) is 59.6 Å². The van der Waals surface area contributed by atoms with Crippen LogP contribution in [0.15, 0.2) is 36.9 Å². The van der Waals surface area contributed by atoms with Gasteiger partial charge in [-0.3, -0.25) is 0 Å². The second-order valence-electron chi connectivity index (χ2n) is 6.99. The molecule has 6 nitrogen and oxygen atoms in total. The van der Waals surface area contributed by atoms with Gasteiger partial charge in [-0.2, -0.15) is 10.2 Å². The van der Waals surface area contributed by atoms with E-state index in [4.69, 9.17) is 0 Å². The highest BCUT2D eigenvalue weighted by molar-refractivity contribution is 6.02. The van der Waals surface area contributed by atoms with Crippen LogP contribution in [-0.4, -0.2) is 46.3 Å². The Morgan fingerprint density at radius 1 is 1.12 bits per heavy atom. The molecule has 6 heteroatoms. The summed E-state index contributed by atoms with van der Waals surface area (Å²) in [7, 11) is 0. The van der Waals surface area contributed by atoms with Crippen molar-refractivity contribution in [1.82, 2.24) is 25.5 Å². The molecule has 2 N–H and O–H groups in total. The minimum Gasteiger partial charge on any atom is -0.370 e. The molecule has 1 spiro atoms. The van der Waals surface area contributed by atoms with Crippen LogP contribution in [0.5, 0.6) is 0 Å². The van der Waals surface area contributed by atoms with Gasteiger partial charge in [0.05, 0.1) is 12.4 Å². The third-order valence-corrected chi connectivity index (χ3v) is 5.56. The maximum absolute atomic E-state index is 4.52. The number of H-pyrrole nitrogens is 1. The second-order valence-corrected chi connectivity index (χ2v) is 6.99. The predicted octanol–water partition coefficient (Wildman–Crippen LogP) is 2.21. The average molecular weight is 320 g/mol. The Hall–Kier alpha value is -2.47. The van der Waals surface area contributed by atoms with Crippen molar-refractivity contribution in [3.05, 3.63) is 36.9 Å². The number of aromatic nitrogens is 4. The van der Waals surface area contributed by atoms with Crippen molar-refractivity contribution < 1.29 is 0 Å². The molecule has 2 aliphatic rings. The lowest BCUT2D eigenvalue weighted by Gasteiger charge is -2.24. The van der Waals surface area contributed by atoms with Gasteiger partial charge in [0.2, 0.25) is 0 Å². The van der Waals surface area contributed by atoms with Crippen LogP contribution in [-0.2, 0) is 0 Å². The standard InChI is InChI=1S/C18H20N6/c1-6-22-23-9-13(1)14-10-21-17-16(14)15(2-5-20-17)24-8-4-18(12-24)3-7-19-11-18/h1-2,5-6,9-10,19H,3-4,7-8,11-12H2,(H,20,21). The zero-order valence-electron chi connectivity index (χ0n) is 13.5. The first-order valence-corrected chi connectivity index (χ1v) is 8.54. The fourth-order valence-electron chi connectivity index (χ4n) is 4.27. The summed E-state index contributed by atoms with van der Waals surface area (Å²) in [5.74, 6) is 0. The number of rotatable bonds is 2. The number of nitrogens with one attached hydrogen (secondary N) is 2. The minimum absolute atomic E-state index is 0.449. The van der Waals surface area contributed by atoms with Gasteiger partial charge in [0.15, 0.2) is 0 Å². The van der Waals surface area contributed by atoms with E-state index in [1.165, 1.54) is 23.9 Å². The van der Waals surface area contributed by atoms with Crippen molar-refractivity contribution in [3.8, 4) is 11.1 Å². The Balaban J connectivity index is 1.60. The van der Waals surface area contributed by atoms with Crippen LogP contribution in [0.1, 0.15) is 12.8 Å². The Morgan fingerprint density at radius 2 is 2.12 bits per heavy atom. The number of pyridine rings is 1. The van der Waals surface area contributed by atoms with Crippen LogP contribution in [0.2, 0.25) is 0 Å². The van der Waals surface area contributed by atoms with Gasteiger partial charge >= 0.3 is 0 Å².